The van der Waals surface area contributed by atoms with Gasteiger partial charge in [-0.25, -0.2) is 0 Å². The van der Waals surface area contributed by atoms with Crippen LogP contribution in [0.3, 0.4) is 0 Å². The highest BCUT2D eigenvalue weighted by atomic mass is 16.3. The van der Waals surface area contributed by atoms with Crippen molar-refractivity contribution in [2.45, 2.75) is 19.5 Å². The van der Waals surface area contributed by atoms with E-state index in [-0.39, 0.29) is 18.1 Å². The standard InChI is InChI=1S/C28H25N3O6/c1-19(32)21-10-5-11-22(16-21)31(25(33)18-30-27(34)24-13-7-15-37-24)26(20-8-3-2-4-9-20)28(35)29-17-23-12-6-14-36-23/h2-16,26H,17-18H2,1H3,(H,29,35)(H,30,34)/t26-/m0/s1. The van der Waals surface area contributed by atoms with Crippen molar-refractivity contribution in [1.29, 1.82) is 0 Å². The number of nitrogens with one attached hydrogen (secondary N) is 2. The van der Waals surface area contributed by atoms with Crippen LogP contribution in [0, 0.1) is 0 Å². The van der Waals surface area contributed by atoms with E-state index >= 15 is 0 Å². The average molecular weight is 500 g/mol. The molecular weight excluding hydrogens is 474 g/mol. The van der Waals surface area contributed by atoms with Crippen LogP contribution in [-0.4, -0.2) is 30.0 Å². The Morgan fingerprint density at radius 3 is 2.27 bits per heavy atom. The van der Waals surface area contributed by atoms with Gasteiger partial charge in [-0.1, -0.05) is 42.5 Å². The van der Waals surface area contributed by atoms with Crippen molar-refractivity contribution in [3.63, 3.8) is 0 Å². The van der Waals surface area contributed by atoms with E-state index in [1.165, 1.54) is 30.4 Å². The van der Waals surface area contributed by atoms with Gasteiger partial charge in [-0.05, 0) is 48.9 Å². The van der Waals surface area contributed by atoms with Crippen LogP contribution in [-0.2, 0) is 16.1 Å². The number of carbonyl (C=O) groups is 4. The first-order valence-corrected chi connectivity index (χ1v) is 11.5. The summed E-state index contributed by atoms with van der Waals surface area (Å²) in [6.45, 7) is 1.11. The molecule has 0 aliphatic rings. The third-order valence-electron chi connectivity index (χ3n) is 5.58. The smallest absolute Gasteiger partial charge is 0.287 e. The largest absolute Gasteiger partial charge is 0.467 e. The van der Waals surface area contributed by atoms with Crippen molar-refractivity contribution in [3.8, 4) is 0 Å². The minimum Gasteiger partial charge on any atom is -0.467 e. The average Bonchev–Trinajstić information content (AvgIpc) is 3.64. The maximum atomic E-state index is 13.6. The first kappa shape index (κ1) is 25.2. The molecule has 4 rings (SSSR count). The Morgan fingerprint density at radius 1 is 0.838 bits per heavy atom. The number of hydrogen-bond acceptors (Lipinski definition) is 6. The summed E-state index contributed by atoms with van der Waals surface area (Å²) >= 11 is 0. The molecule has 37 heavy (non-hydrogen) atoms. The van der Waals surface area contributed by atoms with Crippen molar-refractivity contribution in [2.24, 2.45) is 0 Å². The number of ketones is 1. The van der Waals surface area contributed by atoms with Gasteiger partial charge in [0.05, 0.1) is 25.6 Å². The maximum absolute atomic E-state index is 13.6. The Bertz CT molecular complexity index is 1360. The number of benzene rings is 2. The maximum Gasteiger partial charge on any atom is 0.287 e. The molecule has 188 valence electrons. The molecule has 0 spiro atoms. The van der Waals surface area contributed by atoms with E-state index in [9.17, 15) is 19.2 Å². The summed E-state index contributed by atoms with van der Waals surface area (Å²) in [6, 6.07) is 20.6. The lowest BCUT2D eigenvalue weighted by molar-refractivity contribution is -0.126. The number of Topliss-reactive ketones (excluding diaryl/α,β-unsaturated/α-hetero) is 1. The summed E-state index contributed by atoms with van der Waals surface area (Å²) in [5.41, 5.74) is 1.24. The second-order valence-corrected chi connectivity index (χ2v) is 8.14. The molecule has 1 atom stereocenters. The third-order valence-corrected chi connectivity index (χ3v) is 5.58. The molecular formula is C28H25N3O6. The molecule has 2 heterocycles. The molecule has 4 aromatic rings. The lowest BCUT2D eigenvalue weighted by atomic mass is 10.0. The Balaban J connectivity index is 1.70. The number of hydrogen-bond donors (Lipinski definition) is 2. The highest BCUT2D eigenvalue weighted by Crippen LogP contribution is 2.29. The lowest BCUT2D eigenvalue weighted by Gasteiger charge is -2.31. The van der Waals surface area contributed by atoms with Gasteiger partial charge in [0.2, 0.25) is 11.8 Å². The molecule has 3 amide bonds. The van der Waals surface area contributed by atoms with Crippen molar-refractivity contribution >= 4 is 29.2 Å². The molecule has 0 unspecified atom stereocenters. The molecule has 2 N–H and O–H groups in total. The van der Waals surface area contributed by atoms with Gasteiger partial charge in [0.1, 0.15) is 11.8 Å². The normalized spacial score (nSPS) is 11.4. The second kappa shape index (κ2) is 11.7. The van der Waals surface area contributed by atoms with E-state index in [1.54, 1.807) is 72.8 Å². The van der Waals surface area contributed by atoms with Crippen LogP contribution in [0.2, 0.25) is 0 Å². The van der Waals surface area contributed by atoms with Gasteiger partial charge in [-0.3, -0.25) is 24.1 Å². The van der Waals surface area contributed by atoms with Gasteiger partial charge in [0.25, 0.3) is 5.91 Å². The van der Waals surface area contributed by atoms with Crippen LogP contribution in [0.4, 0.5) is 5.69 Å². The second-order valence-electron chi connectivity index (χ2n) is 8.14. The molecule has 2 aromatic heterocycles. The molecule has 0 saturated carbocycles. The van der Waals surface area contributed by atoms with E-state index in [0.29, 0.717) is 22.6 Å². The number of furan rings is 2. The number of nitrogens with zero attached hydrogens (tertiary/aromatic N) is 1. The highest BCUT2D eigenvalue weighted by molar-refractivity contribution is 6.05. The van der Waals surface area contributed by atoms with Crippen LogP contribution in [0.1, 0.15) is 45.2 Å². The molecule has 0 bridgehead atoms. The Hall–Kier alpha value is -4.92. The van der Waals surface area contributed by atoms with Crippen molar-refractivity contribution in [2.75, 3.05) is 11.4 Å². The molecule has 9 nitrogen and oxygen atoms in total. The number of amides is 3. The van der Waals surface area contributed by atoms with E-state index in [0.717, 1.165) is 0 Å². The topological polar surface area (TPSA) is 122 Å². The van der Waals surface area contributed by atoms with Crippen molar-refractivity contribution < 1.29 is 28.0 Å². The van der Waals surface area contributed by atoms with Crippen molar-refractivity contribution in [3.05, 3.63) is 114 Å². The number of rotatable bonds is 10. The molecule has 9 heteroatoms. The van der Waals surface area contributed by atoms with Crippen molar-refractivity contribution in [1.82, 2.24) is 10.6 Å². The van der Waals surface area contributed by atoms with E-state index < -0.39 is 30.3 Å². The Labute approximate surface area is 213 Å². The summed E-state index contributed by atoms with van der Waals surface area (Å²) in [4.78, 5) is 53.0. The molecule has 0 aliphatic heterocycles. The monoisotopic (exact) mass is 499 g/mol. The fourth-order valence-corrected chi connectivity index (χ4v) is 3.78. The first-order valence-electron chi connectivity index (χ1n) is 11.5. The first-order chi connectivity index (χ1) is 17.9. The zero-order valence-corrected chi connectivity index (χ0v) is 20.0. The van der Waals surface area contributed by atoms with Crippen LogP contribution in [0.5, 0.6) is 0 Å². The summed E-state index contributed by atoms with van der Waals surface area (Å²) in [6.07, 6.45) is 2.85. The van der Waals surface area contributed by atoms with Crippen LogP contribution < -0.4 is 15.5 Å². The van der Waals surface area contributed by atoms with Gasteiger partial charge < -0.3 is 19.5 Å². The van der Waals surface area contributed by atoms with Crippen LogP contribution in [0.25, 0.3) is 0 Å². The number of anilines is 1. The zero-order chi connectivity index (χ0) is 26.2. The SMILES string of the molecule is CC(=O)c1cccc(N(C(=O)CNC(=O)c2ccco2)[C@H](C(=O)NCc2ccco2)c2ccccc2)c1. The third kappa shape index (κ3) is 6.21. The van der Waals surface area contributed by atoms with E-state index in [1.807, 2.05) is 0 Å². The molecule has 0 fully saturated rings. The number of carbonyl (C=O) groups excluding carboxylic acids is 4. The minimum absolute atomic E-state index is 0.0497. The molecule has 0 radical (unpaired) electrons. The van der Waals surface area contributed by atoms with Crippen LogP contribution in [0.15, 0.2) is 100 Å². The van der Waals surface area contributed by atoms with Crippen LogP contribution >= 0.6 is 0 Å². The lowest BCUT2D eigenvalue weighted by Crippen LogP contribution is -2.47. The summed E-state index contributed by atoms with van der Waals surface area (Å²) < 4.78 is 10.4. The van der Waals surface area contributed by atoms with Gasteiger partial charge in [0.15, 0.2) is 11.5 Å². The van der Waals surface area contributed by atoms with Gasteiger partial charge >= 0.3 is 0 Å². The van der Waals surface area contributed by atoms with E-state index in [2.05, 4.69) is 10.6 Å². The predicted molar refractivity (Wildman–Crippen MR) is 135 cm³/mol. The summed E-state index contributed by atoms with van der Waals surface area (Å²) in [7, 11) is 0. The van der Waals surface area contributed by atoms with Gasteiger partial charge in [0, 0.05) is 11.3 Å². The minimum atomic E-state index is -1.11. The molecule has 2 aromatic carbocycles. The summed E-state index contributed by atoms with van der Waals surface area (Å²) in [5.74, 6) is -1.21. The zero-order valence-electron chi connectivity index (χ0n) is 20.0. The van der Waals surface area contributed by atoms with E-state index in [4.69, 9.17) is 8.83 Å². The Kier molecular flexibility index (Phi) is 7.95. The molecule has 0 saturated heterocycles. The molecule has 0 aliphatic carbocycles. The van der Waals surface area contributed by atoms with Gasteiger partial charge in [-0.2, -0.15) is 0 Å². The highest BCUT2D eigenvalue weighted by Gasteiger charge is 2.33. The Morgan fingerprint density at radius 2 is 1.59 bits per heavy atom. The predicted octanol–water partition coefficient (Wildman–Crippen LogP) is 3.90. The van der Waals surface area contributed by atoms with Gasteiger partial charge in [-0.15, -0.1) is 0 Å². The quantitative estimate of drug-likeness (QED) is 0.319. The fraction of sp³-hybridized carbons (Fsp3) is 0.143. The summed E-state index contributed by atoms with van der Waals surface area (Å²) in [5, 5.41) is 5.35. The fourth-order valence-electron chi connectivity index (χ4n) is 3.78.